The number of pyridine rings is 1. The van der Waals surface area contributed by atoms with E-state index in [0.717, 1.165) is 28.5 Å². The highest BCUT2D eigenvalue weighted by Gasteiger charge is 2.40. The molecule has 2 aliphatic heterocycles. The zero-order valence-corrected chi connectivity index (χ0v) is 19.9. The van der Waals surface area contributed by atoms with Crippen LogP contribution in [0.2, 0.25) is 0 Å². The summed E-state index contributed by atoms with van der Waals surface area (Å²) in [5.41, 5.74) is 4.21. The maximum absolute atomic E-state index is 10.3. The van der Waals surface area contributed by atoms with E-state index in [1.54, 1.807) is 20.0 Å². The Balaban J connectivity index is 1.59. The number of rotatable bonds is 6. The summed E-state index contributed by atoms with van der Waals surface area (Å²) in [5.74, 6) is 2.32. The number of aliphatic hydroxyl groups excluding tert-OH is 1. The Morgan fingerprint density at radius 1 is 1.12 bits per heavy atom. The van der Waals surface area contributed by atoms with Gasteiger partial charge in [-0.1, -0.05) is 6.07 Å². The molecule has 0 saturated heterocycles. The minimum atomic E-state index is -0.142. The molecule has 1 aliphatic carbocycles. The molecule has 2 N–H and O–H groups in total. The van der Waals surface area contributed by atoms with Crippen LogP contribution in [0.3, 0.4) is 0 Å². The van der Waals surface area contributed by atoms with E-state index in [0.29, 0.717) is 17.2 Å². The van der Waals surface area contributed by atoms with Crippen molar-refractivity contribution >= 4 is 17.1 Å². The Morgan fingerprint density at radius 2 is 1.85 bits per heavy atom. The Labute approximate surface area is 199 Å². The van der Waals surface area contributed by atoms with Gasteiger partial charge in [0.05, 0.1) is 23.0 Å². The van der Waals surface area contributed by atoms with E-state index in [1.165, 1.54) is 12.8 Å². The summed E-state index contributed by atoms with van der Waals surface area (Å²) >= 11 is 0. The molecule has 8 nitrogen and oxygen atoms in total. The van der Waals surface area contributed by atoms with Gasteiger partial charge in [0.1, 0.15) is 23.5 Å². The van der Waals surface area contributed by atoms with E-state index >= 15 is 0 Å². The number of allylic oxidation sites excluding steroid dienone is 2. The van der Waals surface area contributed by atoms with Gasteiger partial charge in [-0.25, -0.2) is 15.0 Å². The van der Waals surface area contributed by atoms with Gasteiger partial charge in [0.25, 0.3) is 0 Å². The number of nitrogens with zero attached hydrogens (tertiary/aromatic N) is 6. The van der Waals surface area contributed by atoms with Crippen molar-refractivity contribution in [3.05, 3.63) is 83.3 Å². The van der Waals surface area contributed by atoms with Gasteiger partial charge in [0.15, 0.2) is 0 Å². The molecule has 0 amide bonds. The van der Waals surface area contributed by atoms with Crippen molar-refractivity contribution in [2.24, 2.45) is 4.99 Å². The van der Waals surface area contributed by atoms with Crippen LogP contribution < -0.4 is 0 Å². The molecule has 1 saturated carbocycles. The lowest BCUT2D eigenvalue weighted by Gasteiger charge is -2.34. The number of amidine groups is 1. The molecular formula is C26H29N7O. The molecule has 0 spiro atoms. The van der Waals surface area contributed by atoms with Gasteiger partial charge in [-0.2, -0.15) is 0 Å². The van der Waals surface area contributed by atoms with Crippen LogP contribution in [0.15, 0.2) is 71.2 Å². The minimum Gasteiger partial charge on any atom is -0.512 e. The van der Waals surface area contributed by atoms with Gasteiger partial charge in [-0.3, -0.25) is 4.98 Å². The van der Waals surface area contributed by atoms with Crippen LogP contribution in [0.1, 0.15) is 62.7 Å². The number of aliphatic imine (C=N–C) groups is 1. The molecule has 174 valence electrons. The molecule has 34 heavy (non-hydrogen) atoms. The average Bonchev–Trinajstić information content (AvgIpc) is 3.59. The second kappa shape index (κ2) is 8.52. The SMILES string of the molecule is CC(=N)/C(C1=CN(C)C2C(c3cnc(C4CC4)nc3)=CN([C@@H](C)c3ccccn3)C2=N1)=C(/C)O. The first-order valence-corrected chi connectivity index (χ1v) is 11.6. The van der Waals surface area contributed by atoms with Crippen LogP contribution in [0, 0.1) is 5.41 Å². The Morgan fingerprint density at radius 3 is 2.44 bits per heavy atom. The molecule has 1 unspecified atom stereocenters. The zero-order chi connectivity index (χ0) is 24.0. The van der Waals surface area contributed by atoms with Crippen molar-refractivity contribution in [3.8, 4) is 0 Å². The molecule has 8 heteroatoms. The molecule has 2 aromatic heterocycles. The lowest BCUT2D eigenvalue weighted by atomic mass is 9.99. The van der Waals surface area contributed by atoms with Gasteiger partial charge in [0.2, 0.25) is 0 Å². The predicted molar refractivity (Wildman–Crippen MR) is 132 cm³/mol. The summed E-state index contributed by atoms with van der Waals surface area (Å²) in [4.78, 5) is 23.0. The monoisotopic (exact) mass is 455 g/mol. The van der Waals surface area contributed by atoms with E-state index in [-0.39, 0.29) is 23.6 Å². The van der Waals surface area contributed by atoms with Crippen molar-refractivity contribution in [1.29, 1.82) is 5.41 Å². The predicted octanol–water partition coefficient (Wildman–Crippen LogP) is 4.59. The number of aliphatic hydroxyl groups is 1. The number of hydrogen-bond acceptors (Lipinski definition) is 8. The fourth-order valence-corrected chi connectivity index (χ4v) is 4.62. The molecule has 2 atom stereocenters. The van der Waals surface area contributed by atoms with E-state index in [9.17, 15) is 5.11 Å². The van der Waals surface area contributed by atoms with Crippen molar-refractivity contribution in [2.45, 2.75) is 51.6 Å². The molecule has 0 radical (unpaired) electrons. The standard InChI is InChI=1S/C26H29N7O/c1-15(27)23(17(3)34)22-14-32(4)24-20(19-11-29-25(30-12-19)18-8-9-18)13-33(26(24)31-22)16(2)21-7-5-6-10-28-21/h5-7,10-14,16,18,24,27,34H,8-9H2,1-4H3/b23-17+,27-15?/t16-,24?/m0/s1. The maximum Gasteiger partial charge on any atom is 0.137 e. The highest BCUT2D eigenvalue weighted by molar-refractivity contribution is 6.07. The number of aromatic nitrogens is 3. The lowest BCUT2D eigenvalue weighted by Crippen LogP contribution is -2.42. The number of likely N-dealkylation sites (N-methyl/N-ethyl adjacent to an activating group) is 1. The van der Waals surface area contributed by atoms with Crippen molar-refractivity contribution < 1.29 is 5.11 Å². The smallest absolute Gasteiger partial charge is 0.137 e. The molecule has 2 aromatic rings. The second-order valence-corrected chi connectivity index (χ2v) is 9.16. The van der Waals surface area contributed by atoms with E-state index < -0.39 is 0 Å². The lowest BCUT2D eigenvalue weighted by molar-refractivity contribution is 0.393. The summed E-state index contributed by atoms with van der Waals surface area (Å²) in [6.45, 7) is 5.35. The zero-order valence-electron chi connectivity index (χ0n) is 19.9. The molecule has 3 aliphatic rings. The van der Waals surface area contributed by atoms with E-state index in [1.807, 2.05) is 43.8 Å². The van der Waals surface area contributed by atoms with E-state index in [4.69, 9.17) is 10.4 Å². The van der Waals surface area contributed by atoms with Crippen LogP contribution in [0.5, 0.6) is 0 Å². The first-order valence-electron chi connectivity index (χ1n) is 11.6. The van der Waals surface area contributed by atoms with Gasteiger partial charge < -0.3 is 20.3 Å². The first-order chi connectivity index (χ1) is 16.3. The van der Waals surface area contributed by atoms with Crippen LogP contribution in [0.4, 0.5) is 0 Å². The second-order valence-electron chi connectivity index (χ2n) is 9.16. The van der Waals surface area contributed by atoms with Crippen LogP contribution in [-0.4, -0.2) is 54.5 Å². The van der Waals surface area contributed by atoms with Gasteiger partial charge in [-0.15, -0.1) is 0 Å². The minimum absolute atomic E-state index is 0.0666. The summed E-state index contributed by atoms with van der Waals surface area (Å²) in [6.07, 6.45) is 12.0. The van der Waals surface area contributed by atoms with Crippen LogP contribution in [-0.2, 0) is 0 Å². The average molecular weight is 456 g/mol. The van der Waals surface area contributed by atoms with Crippen molar-refractivity contribution in [3.63, 3.8) is 0 Å². The van der Waals surface area contributed by atoms with Gasteiger partial charge in [-0.05, 0) is 45.7 Å². The van der Waals surface area contributed by atoms with Gasteiger partial charge >= 0.3 is 0 Å². The number of hydrogen-bond donors (Lipinski definition) is 2. The fourth-order valence-electron chi connectivity index (χ4n) is 4.62. The van der Waals surface area contributed by atoms with Gasteiger partial charge in [0, 0.05) is 60.8 Å². The van der Waals surface area contributed by atoms with Crippen molar-refractivity contribution in [1.82, 2.24) is 24.8 Å². The molecule has 0 bridgehead atoms. The molecular weight excluding hydrogens is 426 g/mol. The van der Waals surface area contributed by atoms with Crippen molar-refractivity contribution in [2.75, 3.05) is 7.05 Å². The summed E-state index contributed by atoms with van der Waals surface area (Å²) < 4.78 is 0. The summed E-state index contributed by atoms with van der Waals surface area (Å²) in [7, 11) is 1.99. The largest absolute Gasteiger partial charge is 0.512 e. The Kier molecular flexibility index (Phi) is 5.51. The van der Waals surface area contributed by atoms with Crippen LogP contribution >= 0.6 is 0 Å². The molecule has 4 heterocycles. The fraction of sp³-hybridized carbons (Fsp3) is 0.346. The molecule has 5 rings (SSSR count). The van der Waals surface area contributed by atoms with Crippen LogP contribution in [0.25, 0.3) is 5.57 Å². The quantitative estimate of drug-likeness (QED) is 0.488. The summed E-state index contributed by atoms with van der Waals surface area (Å²) in [5, 5.41) is 18.5. The number of fused-ring (bicyclic) bond motifs is 1. The highest BCUT2D eigenvalue weighted by atomic mass is 16.3. The Hall–Kier alpha value is -3.81. The third-order valence-corrected chi connectivity index (χ3v) is 6.52. The first kappa shape index (κ1) is 22.0. The normalized spacial score (nSPS) is 21.3. The molecule has 0 aromatic carbocycles. The highest BCUT2D eigenvalue weighted by Crippen LogP contribution is 2.40. The Bertz CT molecular complexity index is 1240. The third-order valence-electron chi connectivity index (χ3n) is 6.52. The topological polar surface area (TPSA) is 102 Å². The van der Waals surface area contributed by atoms with E-state index in [2.05, 4.69) is 37.9 Å². The third kappa shape index (κ3) is 3.89. The number of nitrogens with one attached hydrogen (secondary N) is 1. The molecule has 1 fully saturated rings. The maximum atomic E-state index is 10.3. The summed E-state index contributed by atoms with van der Waals surface area (Å²) in [6, 6.07) is 5.69.